The summed E-state index contributed by atoms with van der Waals surface area (Å²) in [6.07, 6.45) is 8.00. The van der Waals surface area contributed by atoms with Gasteiger partial charge in [-0.25, -0.2) is 9.18 Å². The third-order valence-corrected chi connectivity index (χ3v) is 8.34. The quantitative estimate of drug-likeness (QED) is 0.282. The monoisotopic (exact) mass is 633 g/mol. The Balaban J connectivity index is 1.29. The van der Waals surface area contributed by atoms with E-state index in [0.717, 1.165) is 55.2 Å². The van der Waals surface area contributed by atoms with Crippen LogP contribution in [0.15, 0.2) is 53.5 Å². The highest BCUT2D eigenvalue weighted by molar-refractivity contribution is 5.95. The number of amides is 3. The van der Waals surface area contributed by atoms with Crippen LogP contribution in [0.1, 0.15) is 70.6 Å². The lowest BCUT2D eigenvalue weighted by atomic mass is 9.87. The minimum absolute atomic E-state index is 0.0442. The number of nitrogens with one attached hydrogen (secondary N) is 2. The van der Waals surface area contributed by atoms with Crippen LogP contribution in [0.3, 0.4) is 0 Å². The molecule has 2 saturated heterocycles. The van der Waals surface area contributed by atoms with Crippen LogP contribution in [-0.4, -0.2) is 69.5 Å². The van der Waals surface area contributed by atoms with Crippen molar-refractivity contribution in [2.45, 2.75) is 78.4 Å². The molecule has 0 saturated carbocycles. The number of ether oxygens (including phenoxy) is 1. The fourth-order valence-electron chi connectivity index (χ4n) is 6.10. The van der Waals surface area contributed by atoms with Crippen molar-refractivity contribution < 1.29 is 23.5 Å². The average molecular weight is 634 g/mol. The molecule has 3 aromatic rings. The molecule has 2 N–H and O–H groups in total. The van der Waals surface area contributed by atoms with Gasteiger partial charge >= 0.3 is 6.09 Å². The molecule has 2 aromatic heterocycles. The highest BCUT2D eigenvalue weighted by atomic mass is 19.1. The lowest BCUT2D eigenvalue weighted by molar-refractivity contribution is -0.125. The van der Waals surface area contributed by atoms with Gasteiger partial charge in [0.15, 0.2) is 6.10 Å². The van der Waals surface area contributed by atoms with Gasteiger partial charge in [-0.3, -0.25) is 14.4 Å². The number of hydrogen-bond acceptors (Lipinski definition) is 5. The van der Waals surface area contributed by atoms with E-state index in [2.05, 4.69) is 31.1 Å². The van der Waals surface area contributed by atoms with E-state index in [1.165, 1.54) is 22.8 Å². The standard InChI is InChI=1S/C35H44FN5O5/c1-35(2,3)22-25-20-26(36)19-24-21-27(37-31(24)25)23-41-18-10-11-28(33(41)44)38-32(43)29(46-34(45)40-16-8-9-17-40)12-4-5-13-30(42)39-14-6-7-15-39/h5,10-11,13,18-21,29,37H,4,6-9,12,14-17,22-23H2,1-3H3,(H,38,43)/b13-5+/t29-/m0/s1. The summed E-state index contributed by atoms with van der Waals surface area (Å²) in [4.78, 5) is 58.8. The van der Waals surface area contributed by atoms with Gasteiger partial charge in [0.25, 0.3) is 11.5 Å². The van der Waals surface area contributed by atoms with E-state index in [-0.39, 0.29) is 35.8 Å². The summed E-state index contributed by atoms with van der Waals surface area (Å²) in [5.41, 5.74) is 1.99. The van der Waals surface area contributed by atoms with E-state index < -0.39 is 23.7 Å². The minimum Gasteiger partial charge on any atom is -0.436 e. The molecule has 0 spiro atoms. The minimum atomic E-state index is -1.16. The number of carbonyl (C=O) groups excluding carboxylic acids is 3. The summed E-state index contributed by atoms with van der Waals surface area (Å²) < 4.78 is 21.5. The van der Waals surface area contributed by atoms with Crippen LogP contribution in [0.25, 0.3) is 10.9 Å². The van der Waals surface area contributed by atoms with Gasteiger partial charge in [-0.15, -0.1) is 0 Å². The SMILES string of the molecule is CC(C)(C)Cc1cc(F)cc2cc(Cn3cccc(NC(=O)[C@H](CC/C=C/C(=O)N4CCCC4)OC(=O)N4CCCC4)c3=O)[nH]c12. The summed E-state index contributed by atoms with van der Waals surface area (Å²) in [7, 11) is 0. The van der Waals surface area contributed by atoms with Crippen molar-refractivity contribution in [3.05, 3.63) is 76.1 Å². The molecule has 4 heterocycles. The Morgan fingerprint density at radius 2 is 1.74 bits per heavy atom. The Labute approximate surface area is 268 Å². The number of allylic oxidation sites excluding steroid dienone is 1. The number of H-pyrrole nitrogens is 1. The molecule has 0 unspecified atom stereocenters. The molecule has 2 aliphatic heterocycles. The Kier molecular flexibility index (Phi) is 10.3. The predicted molar refractivity (Wildman–Crippen MR) is 175 cm³/mol. The molecule has 1 atom stereocenters. The smallest absolute Gasteiger partial charge is 0.410 e. The number of nitrogens with zero attached hydrogens (tertiary/aromatic N) is 3. The van der Waals surface area contributed by atoms with Gasteiger partial charge in [-0.2, -0.15) is 0 Å². The summed E-state index contributed by atoms with van der Waals surface area (Å²) in [6, 6.07) is 8.01. The number of halogens is 1. The van der Waals surface area contributed by atoms with E-state index in [1.807, 2.05) is 6.07 Å². The number of hydrogen-bond donors (Lipinski definition) is 2. The molecular weight excluding hydrogens is 589 g/mol. The first-order valence-electron chi connectivity index (χ1n) is 16.2. The number of benzene rings is 1. The molecule has 2 aliphatic rings. The van der Waals surface area contributed by atoms with Crippen LogP contribution in [-0.2, 0) is 27.3 Å². The molecule has 0 bridgehead atoms. The Morgan fingerprint density at radius 1 is 1.04 bits per heavy atom. The zero-order valence-corrected chi connectivity index (χ0v) is 26.9. The van der Waals surface area contributed by atoms with Gasteiger partial charge in [0, 0.05) is 49.0 Å². The molecule has 0 aliphatic carbocycles. The average Bonchev–Trinajstić information content (AvgIpc) is 3.78. The highest BCUT2D eigenvalue weighted by Gasteiger charge is 2.28. The second-order valence-electron chi connectivity index (χ2n) is 13.5. The van der Waals surface area contributed by atoms with E-state index in [4.69, 9.17) is 4.74 Å². The zero-order chi connectivity index (χ0) is 32.8. The van der Waals surface area contributed by atoms with Crippen LogP contribution in [0.5, 0.6) is 0 Å². The molecule has 5 rings (SSSR count). The van der Waals surface area contributed by atoms with E-state index >= 15 is 0 Å². The fraction of sp³-hybridized carbons (Fsp3) is 0.486. The van der Waals surface area contributed by atoms with Crippen molar-refractivity contribution >= 4 is 34.5 Å². The highest BCUT2D eigenvalue weighted by Crippen LogP contribution is 2.28. The largest absolute Gasteiger partial charge is 0.436 e. The van der Waals surface area contributed by atoms with Crippen molar-refractivity contribution in [2.75, 3.05) is 31.5 Å². The number of carbonyl (C=O) groups is 3. The van der Waals surface area contributed by atoms with Gasteiger partial charge in [-0.1, -0.05) is 26.8 Å². The normalized spacial score (nSPS) is 16.0. The molecule has 246 valence electrons. The lowest BCUT2D eigenvalue weighted by Crippen LogP contribution is -2.39. The van der Waals surface area contributed by atoms with Crippen LogP contribution in [0, 0.1) is 11.2 Å². The molecular formula is C35H44FN5O5. The number of pyridine rings is 1. The third-order valence-electron chi connectivity index (χ3n) is 8.34. The maximum absolute atomic E-state index is 14.4. The van der Waals surface area contributed by atoms with Gasteiger partial charge in [0.1, 0.15) is 11.5 Å². The van der Waals surface area contributed by atoms with Crippen molar-refractivity contribution in [1.29, 1.82) is 0 Å². The van der Waals surface area contributed by atoms with Crippen LogP contribution in [0.2, 0.25) is 0 Å². The Hall–Kier alpha value is -4.41. The Bertz CT molecular complexity index is 1660. The summed E-state index contributed by atoms with van der Waals surface area (Å²) in [6.45, 7) is 9.09. The Morgan fingerprint density at radius 3 is 2.43 bits per heavy atom. The second kappa shape index (κ2) is 14.3. The van der Waals surface area contributed by atoms with Crippen molar-refractivity contribution in [2.24, 2.45) is 5.41 Å². The summed E-state index contributed by atoms with van der Waals surface area (Å²) >= 11 is 0. The van der Waals surface area contributed by atoms with E-state index in [9.17, 15) is 23.6 Å². The van der Waals surface area contributed by atoms with Crippen molar-refractivity contribution in [3.63, 3.8) is 0 Å². The van der Waals surface area contributed by atoms with E-state index in [1.54, 1.807) is 34.2 Å². The first kappa shape index (κ1) is 33.0. The van der Waals surface area contributed by atoms with E-state index in [0.29, 0.717) is 31.6 Å². The molecule has 46 heavy (non-hydrogen) atoms. The second-order valence-corrected chi connectivity index (χ2v) is 13.5. The molecule has 10 nitrogen and oxygen atoms in total. The van der Waals surface area contributed by atoms with Crippen molar-refractivity contribution in [3.8, 4) is 0 Å². The van der Waals surface area contributed by atoms with Crippen molar-refractivity contribution in [1.82, 2.24) is 19.4 Å². The molecule has 2 fully saturated rings. The maximum Gasteiger partial charge on any atom is 0.410 e. The molecule has 11 heteroatoms. The number of rotatable bonds is 10. The van der Waals surface area contributed by atoms with Gasteiger partial charge < -0.3 is 29.4 Å². The number of likely N-dealkylation sites (tertiary alicyclic amines) is 2. The molecule has 1 aromatic carbocycles. The number of anilines is 1. The lowest BCUT2D eigenvalue weighted by Gasteiger charge is -2.21. The fourth-order valence-corrected chi connectivity index (χ4v) is 6.10. The zero-order valence-electron chi connectivity index (χ0n) is 26.9. The summed E-state index contributed by atoms with van der Waals surface area (Å²) in [5.74, 6) is -0.995. The van der Waals surface area contributed by atoms with Gasteiger partial charge in [0.05, 0.1) is 6.54 Å². The maximum atomic E-state index is 14.4. The predicted octanol–water partition coefficient (Wildman–Crippen LogP) is 5.60. The number of fused-ring (bicyclic) bond motifs is 1. The number of aromatic amines is 1. The van der Waals surface area contributed by atoms with Crippen LogP contribution in [0.4, 0.5) is 14.9 Å². The third kappa shape index (κ3) is 8.44. The van der Waals surface area contributed by atoms with Crippen LogP contribution >= 0.6 is 0 Å². The molecule has 3 amide bonds. The number of aromatic nitrogens is 2. The molecule has 0 radical (unpaired) electrons. The van der Waals surface area contributed by atoms with Crippen LogP contribution < -0.4 is 10.9 Å². The topological polar surface area (TPSA) is 117 Å². The summed E-state index contributed by atoms with van der Waals surface area (Å²) in [5, 5.41) is 3.40. The van der Waals surface area contributed by atoms with Gasteiger partial charge in [0.2, 0.25) is 5.91 Å². The first-order chi connectivity index (χ1) is 22.0. The van der Waals surface area contributed by atoms with Gasteiger partial charge in [-0.05, 0) is 92.3 Å². The first-order valence-corrected chi connectivity index (χ1v) is 16.2.